The summed E-state index contributed by atoms with van der Waals surface area (Å²) in [5.41, 5.74) is 3.04. The molecule has 0 atom stereocenters. The number of hydrogen-bond acceptors (Lipinski definition) is 3. The van der Waals surface area contributed by atoms with Crippen molar-refractivity contribution >= 4 is 16.9 Å². The molecule has 2 aromatic heterocycles. The number of imidazole rings is 1. The number of hydrogen-bond donors (Lipinski definition) is 1. The number of nitrogens with zero attached hydrogens (tertiary/aromatic N) is 3. The fourth-order valence-electron chi connectivity index (χ4n) is 2.17. The van der Waals surface area contributed by atoms with Crippen molar-refractivity contribution in [2.75, 3.05) is 11.9 Å². The topological polar surface area (TPSA) is 42.7 Å². The Hall–Kier alpha value is -2.36. The van der Waals surface area contributed by atoms with Gasteiger partial charge in [0.15, 0.2) is 5.65 Å². The third kappa shape index (κ3) is 2.42. The van der Waals surface area contributed by atoms with Gasteiger partial charge < -0.3 is 9.88 Å². The predicted molar refractivity (Wildman–Crippen MR) is 77.1 cm³/mol. The van der Waals surface area contributed by atoms with Gasteiger partial charge in [0.05, 0.1) is 0 Å². The lowest BCUT2D eigenvalue weighted by Crippen LogP contribution is -2.08. The summed E-state index contributed by atoms with van der Waals surface area (Å²) < 4.78 is 2.06. The Morgan fingerprint density at radius 1 is 1.11 bits per heavy atom. The SMILES string of the molecule is Cn1c(CCNc2ccccc2)nc2cccnc21. The van der Waals surface area contributed by atoms with E-state index in [0.717, 1.165) is 35.6 Å². The number of anilines is 1. The molecule has 0 radical (unpaired) electrons. The molecule has 0 aliphatic rings. The molecule has 1 N–H and O–H groups in total. The first-order valence-corrected chi connectivity index (χ1v) is 6.40. The average molecular weight is 252 g/mol. The van der Waals surface area contributed by atoms with Crippen molar-refractivity contribution in [1.82, 2.24) is 14.5 Å². The maximum absolute atomic E-state index is 4.60. The van der Waals surface area contributed by atoms with Crippen LogP contribution in [0.25, 0.3) is 11.2 Å². The number of aromatic nitrogens is 3. The van der Waals surface area contributed by atoms with Gasteiger partial charge in [0.1, 0.15) is 11.3 Å². The molecule has 0 fully saturated rings. The molecule has 1 aromatic carbocycles. The molecule has 4 heteroatoms. The summed E-state index contributed by atoms with van der Waals surface area (Å²) >= 11 is 0. The van der Waals surface area contributed by atoms with Crippen molar-refractivity contribution in [2.24, 2.45) is 7.05 Å². The molecule has 4 nitrogen and oxygen atoms in total. The molecule has 0 saturated carbocycles. The fraction of sp³-hybridized carbons (Fsp3) is 0.200. The van der Waals surface area contributed by atoms with E-state index in [2.05, 4.69) is 32.0 Å². The maximum atomic E-state index is 4.60. The van der Waals surface area contributed by atoms with Gasteiger partial charge in [-0.15, -0.1) is 0 Å². The molecule has 3 aromatic rings. The highest BCUT2D eigenvalue weighted by Gasteiger charge is 2.07. The van der Waals surface area contributed by atoms with Crippen LogP contribution in [0.15, 0.2) is 48.7 Å². The highest BCUT2D eigenvalue weighted by atomic mass is 15.1. The Kier molecular flexibility index (Phi) is 3.14. The highest BCUT2D eigenvalue weighted by molar-refractivity contribution is 5.70. The molecule has 0 saturated heterocycles. The van der Waals surface area contributed by atoms with Crippen molar-refractivity contribution in [3.05, 3.63) is 54.5 Å². The minimum atomic E-state index is 0.862. The predicted octanol–water partition coefficient (Wildman–Crippen LogP) is 2.62. The molecule has 0 spiro atoms. The van der Waals surface area contributed by atoms with Crippen LogP contribution in [-0.4, -0.2) is 21.1 Å². The number of fused-ring (bicyclic) bond motifs is 1. The van der Waals surface area contributed by atoms with Crippen LogP contribution in [0, 0.1) is 0 Å². The molecule has 96 valence electrons. The Bertz CT molecular complexity index is 673. The minimum absolute atomic E-state index is 0.862. The van der Waals surface area contributed by atoms with Crippen LogP contribution >= 0.6 is 0 Å². The van der Waals surface area contributed by atoms with Gasteiger partial charge >= 0.3 is 0 Å². The van der Waals surface area contributed by atoms with Gasteiger partial charge in [-0.05, 0) is 24.3 Å². The molecule has 0 aliphatic heterocycles. The second kappa shape index (κ2) is 5.10. The van der Waals surface area contributed by atoms with Crippen molar-refractivity contribution in [2.45, 2.75) is 6.42 Å². The lowest BCUT2D eigenvalue weighted by molar-refractivity contribution is 0.801. The summed E-state index contributed by atoms with van der Waals surface area (Å²) in [6.07, 6.45) is 2.68. The number of aryl methyl sites for hydroxylation is 1. The average Bonchev–Trinajstić information content (AvgIpc) is 2.78. The highest BCUT2D eigenvalue weighted by Crippen LogP contribution is 2.12. The van der Waals surface area contributed by atoms with Gasteiger partial charge in [-0.1, -0.05) is 18.2 Å². The van der Waals surface area contributed by atoms with E-state index in [0.29, 0.717) is 0 Å². The van der Waals surface area contributed by atoms with Crippen LogP contribution in [0.4, 0.5) is 5.69 Å². The number of para-hydroxylation sites is 1. The van der Waals surface area contributed by atoms with Gasteiger partial charge in [0.25, 0.3) is 0 Å². The van der Waals surface area contributed by atoms with E-state index in [1.54, 1.807) is 6.20 Å². The van der Waals surface area contributed by atoms with Gasteiger partial charge in [-0.25, -0.2) is 9.97 Å². The van der Waals surface area contributed by atoms with E-state index in [4.69, 9.17) is 0 Å². The van der Waals surface area contributed by atoms with Crippen molar-refractivity contribution < 1.29 is 0 Å². The number of rotatable bonds is 4. The van der Waals surface area contributed by atoms with Crippen molar-refractivity contribution in [1.29, 1.82) is 0 Å². The summed E-state index contributed by atoms with van der Waals surface area (Å²) in [4.78, 5) is 8.95. The number of pyridine rings is 1. The zero-order chi connectivity index (χ0) is 13.1. The summed E-state index contributed by atoms with van der Waals surface area (Å²) in [5.74, 6) is 1.05. The number of nitrogens with one attached hydrogen (secondary N) is 1. The first kappa shape index (κ1) is 11.7. The Balaban J connectivity index is 1.70. The van der Waals surface area contributed by atoms with E-state index in [9.17, 15) is 0 Å². The lowest BCUT2D eigenvalue weighted by Gasteiger charge is -2.05. The molecular weight excluding hydrogens is 236 g/mol. The Morgan fingerprint density at radius 2 is 1.95 bits per heavy atom. The molecule has 3 rings (SSSR count). The molecular formula is C15H16N4. The zero-order valence-electron chi connectivity index (χ0n) is 10.9. The van der Waals surface area contributed by atoms with E-state index in [1.165, 1.54) is 0 Å². The van der Waals surface area contributed by atoms with Crippen LogP contribution in [0.2, 0.25) is 0 Å². The summed E-state index contributed by atoms with van der Waals surface area (Å²) in [5, 5.41) is 3.39. The summed E-state index contributed by atoms with van der Waals surface area (Å²) in [7, 11) is 2.01. The maximum Gasteiger partial charge on any atom is 0.159 e. The van der Waals surface area contributed by atoms with Crippen molar-refractivity contribution in [3.63, 3.8) is 0 Å². The van der Waals surface area contributed by atoms with Crippen LogP contribution < -0.4 is 5.32 Å². The fourth-order valence-corrected chi connectivity index (χ4v) is 2.17. The van der Waals surface area contributed by atoms with Gasteiger partial charge in [0.2, 0.25) is 0 Å². The first-order valence-electron chi connectivity index (χ1n) is 6.40. The van der Waals surface area contributed by atoms with E-state index >= 15 is 0 Å². The first-order chi connectivity index (χ1) is 9.34. The largest absolute Gasteiger partial charge is 0.385 e. The van der Waals surface area contributed by atoms with Crippen LogP contribution in [0.5, 0.6) is 0 Å². The van der Waals surface area contributed by atoms with Crippen LogP contribution in [0.3, 0.4) is 0 Å². The third-order valence-electron chi connectivity index (χ3n) is 3.17. The molecule has 0 bridgehead atoms. The van der Waals surface area contributed by atoms with Crippen molar-refractivity contribution in [3.8, 4) is 0 Å². The van der Waals surface area contributed by atoms with E-state index in [1.807, 2.05) is 37.4 Å². The summed E-state index contributed by atoms with van der Waals surface area (Å²) in [6, 6.07) is 14.1. The van der Waals surface area contributed by atoms with Crippen LogP contribution in [0.1, 0.15) is 5.82 Å². The smallest absolute Gasteiger partial charge is 0.159 e. The molecule has 19 heavy (non-hydrogen) atoms. The van der Waals surface area contributed by atoms with E-state index < -0.39 is 0 Å². The standard InChI is InChI=1S/C15H16N4/c1-19-14(18-13-8-5-10-17-15(13)19)9-11-16-12-6-3-2-4-7-12/h2-8,10,16H,9,11H2,1H3. The van der Waals surface area contributed by atoms with Gasteiger partial charge in [0, 0.05) is 31.9 Å². The van der Waals surface area contributed by atoms with Crippen LogP contribution in [-0.2, 0) is 13.5 Å². The van der Waals surface area contributed by atoms with E-state index in [-0.39, 0.29) is 0 Å². The monoisotopic (exact) mass is 252 g/mol. The second-order valence-electron chi connectivity index (χ2n) is 4.48. The Labute approximate surface area is 112 Å². The Morgan fingerprint density at radius 3 is 2.74 bits per heavy atom. The molecule has 0 aliphatic carbocycles. The minimum Gasteiger partial charge on any atom is -0.385 e. The quantitative estimate of drug-likeness (QED) is 0.776. The third-order valence-corrected chi connectivity index (χ3v) is 3.17. The molecule has 0 unspecified atom stereocenters. The zero-order valence-corrected chi connectivity index (χ0v) is 10.9. The molecule has 2 heterocycles. The lowest BCUT2D eigenvalue weighted by atomic mass is 10.3. The summed E-state index contributed by atoms with van der Waals surface area (Å²) in [6.45, 7) is 0.862. The second-order valence-corrected chi connectivity index (χ2v) is 4.48. The number of benzene rings is 1. The molecule has 0 amide bonds. The van der Waals surface area contributed by atoms with Gasteiger partial charge in [-0.3, -0.25) is 0 Å². The normalized spacial score (nSPS) is 10.8. The van der Waals surface area contributed by atoms with Gasteiger partial charge in [-0.2, -0.15) is 0 Å².